The van der Waals surface area contributed by atoms with Gasteiger partial charge in [0, 0.05) is 24.5 Å². The van der Waals surface area contributed by atoms with Crippen molar-refractivity contribution in [3.8, 4) is 11.6 Å². The SMILES string of the molecule is CC(C)CC(NC(=O)Nc1cccc(N2CCC(C)CC2)c1)c1nc(-c2nnc[nH]2)no1. The third kappa shape index (κ3) is 5.43. The van der Waals surface area contributed by atoms with Crippen LogP contribution in [-0.2, 0) is 0 Å². The first kappa shape index (κ1) is 21.8. The molecule has 2 amide bonds. The molecule has 32 heavy (non-hydrogen) atoms. The van der Waals surface area contributed by atoms with Crippen LogP contribution in [0.3, 0.4) is 0 Å². The Labute approximate surface area is 187 Å². The van der Waals surface area contributed by atoms with E-state index in [0.29, 0.717) is 29.9 Å². The number of amides is 2. The van der Waals surface area contributed by atoms with Gasteiger partial charge in [-0.2, -0.15) is 4.98 Å². The van der Waals surface area contributed by atoms with Crippen LogP contribution in [0.2, 0.25) is 0 Å². The first-order valence-electron chi connectivity index (χ1n) is 11.1. The van der Waals surface area contributed by atoms with E-state index in [1.165, 1.54) is 19.2 Å². The molecule has 4 rings (SSSR count). The molecule has 1 aromatic carbocycles. The predicted molar refractivity (Wildman–Crippen MR) is 121 cm³/mol. The minimum Gasteiger partial charge on any atom is -0.371 e. The van der Waals surface area contributed by atoms with E-state index in [9.17, 15) is 4.79 Å². The number of piperidine rings is 1. The zero-order chi connectivity index (χ0) is 22.5. The molecule has 0 aliphatic carbocycles. The molecule has 1 aliphatic heterocycles. The fourth-order valence-corrected chi connectivity index (χ4v) is 3.85. The van der Waals surface area contributed by atoms with Crippen molar-refractivity contribution in [2.75, 3.05) is 23.3 Å². The summed E-state index contributed by atoms with van der Waals surface area (Å²) in [6, 6.07) is 7.22. The summed E-state index contributed by atoms with van der Waals surface area (Å²) in [6.45, 7) is 8.52. The van der Waals surface area contributed by atoms with Crippen LogP contribution in [0.1, 0.15) is 52.0 Å². The van der Waals surface area contributed by atoms with E-state index in [1.807, 2.05) is 18.2 Å². The van der Waals surface area contributed by atoms with Gasteiger partial charge in [-0.15, -0.1) is 10.2 Å². The number of benzene rings is 1. The highest BCUT2D eigenvalue weighted by Gasteiger charge is 2.24. The Kier molecular flexibility index (Phi) is 6.67. The maximum atomic E-state index is 12.8. The van der Waals surface area contributed by atoms with Crippen molar-refractivity contribution in [1.82, 2.24) is 30.6 Å². The molecular weight excluding hydrogens is 408 g/mol. The molecule has 3 aromatic rings. The van der Waals surface area contributed by atoms with E-state index in [1.54, 1.807) is 0 Å². The van der Waals surface area contributed by atoms with Gasteiger partial charge in [-0.1, -0.05) is 32.0 Å². The largest absolute Gasteiger partial charge is 0.371 e. The molecule has 3 N–H and O–H groups in total. The van der Waals surface area contributed by atoms with Gasteiger partial charge in [0.05, 0.1) is 0 Å². The Bertz CT molecular complexity index is 1010. The number of rotatable bonds is 7. The van der Waals surface area contributed by atoms with Gasteiger partial charge in [0.2, 0.25) is 17.5 Å². The molecule has 2 aromatic heterocycles. The van der Waals surface area contributed by atoms with Gasteiger partial charge in [-0.05, 0) is 49.3 Å². The predicted octanol–water partition coefficient (Wildman–Crippen LogP) is 4.00. The van der Waals surface area contributed by atoms with Gasteiger partial charge in [-0.3, -0.25) is 0 Å². The van der Waals surface area contributed by atoms with E-state index in [0.717, 1.165) is 30.4 Å². The molecule has 1 saturated heterocycles. The average Bonchev–Trinajstić information content (AvgIpc) is 3.46. The number of H-pyrrole nitrogens is 1. The van der Waals surface area contributed by atoms with Crippen LogP contribution < -0.4 is 15.5 Å². The van der Waals surface area contributed by atoms with E-state index < -0.39 is 6.04 Å². The topological polar surface area (TPSA) is 125 Å². The number of carbonyl (C=O) groups is 1. The van der Waals surface area contributed by atoms with Gasteiger partial charge < -0.3 is 25.0 Å². The standard InChI is InChI=1S/C22H30N8O2/c1-14(2)11-18(21-27-20(29-32-21)19-23-13-24-28-19)26-22(31)25-16-5-4-6-17(12-16)30-9-7-15(3)8-10-30/h4-6,12-15,18H,7-11H2,1-3H3,(H,23,24,28)(H2,25,26,31). The fourth-order valence-electron chi connectivity index (χ4n) is 3.85. The van der Waals surface area contributed by atoms with Gasteiger partial charge in [0.1, 0.15) is 12.4 Å². The summed E-state index contributed by atoms with van der Waals surface area (Å²) in [4.78, 5) is 22.4. The number of carbonyl (C=O) groups excluding carboxylic acids is 1. The number of nitrogens with one attached hydrogen (secondary N) is 3. The lowest BCUT2D eigenvalue weighted by Crippen LogP contribution is -2.34. The zero-order valence-corrected chi connectivity index (χ0v) is 18.7. The smallest absolute Gasteiger partial charge is 0.319 e. The van der Waals surface area contributed by atoms with E-state index in [2.05, 4.69) is 67.7 Å². The molecule has 0 bridgehead atoms. The van der Waals surface area contributed by atoms with Crippen LogP contribution >= 0.6 is 0 Å². The molecule has 1 aliphatic rings. The highest BCUT2D eigenvalue weighted by molar-refractivity contribution is 5.90. The highest BCUT2D eigenvalue weighted by Crippen LogP contribution is 2.26. The Hall–Kier alpha value is -3.43. The zero-order valence-electron chi connectivity index (χ0n) is 18.7. The Balaban J connectivity index is 1.42. The lowest BCUT2D eigenvalue weighted by Gasteiger charge is -2.32. The molecule has 1 fully saturated rings. The second-order valence-electron chi connectivity index (χ2n) is 8.79. The summed E-state index contributed by atoms with van der Waals surface area (Å²) in [5.41, 5.74) is 1.87. The van der Waals surface area contributed by atoms with Crippen molar-refractivity contribution < 1.29 is 9.32 Å². The summed E-state index contributed by atoms with van der Waals surface area (Å²) in [6.07, 6.45) is 4.48. The van der Waals surface area contributed by atoms with Crippen molar-refractivity contribution in [3.05, 3.63) is 36.5 Å². The number of nitrogens with zero attached hydrogens (tertiary/aromatic N) is 5. The first-order valence-corrected chi connectivity index (χ1v) is 11.1. The number of anilines is 2. The van der Waals surface area contributed by atoms with Gasteiger partial charge >= 0.3 is 6.03 Å². The average molecular weight is 439 g/mol. The normalized spacial score (nSPS) is 15.7. The Morgan fingerprint density at radius 3 is 2.84 bits per heavy atom. The number of hydrogen-bond acceptors (Lipinski definition) is 7. The summed E-state index contributed by atoms with van der Waals surface area (Å²) < 4.78 is 5.41. The van der Waals surface area contributed by atoms with Crippen molar-refractivity contribution in [2.45, 2.75) is 46.1 Å². The molecule has 3 heterocycles. The number of hydrogen-bond donors (Lipinski definition) is 3. The van der Waals surface area contributed by atoms with Crippen LogP contribution in [0.25, 0.3) is 11.6 Å². The third-order valence-electron chi connectivity index (χ3n) is 5.63. The monoisotopic (exact) mass is 438 g/mol. The molecule has 10 nitrogen and oxygen atoms in total. The van der Waals surface area contributed by atoms with Gasteiger partial charge in [-0.25, -0.2) is 4.79 Å². The van der Waals surface area contributed by atoms with E-state index in [4.69, 9.17) is 4.52 Å². The van der Waals surface area contributed by atoms with Crippen LogP contribution in [0, 0.1) is 11.8 Å². The summed E-state index contributed by atoms with van der Waals surface area (Å²) >= 11 is 0. The van der Waals surface area contributed by atoms with E-state index in [-0.39, 0.29) is 6.03 Å². The van der Waals surface area contributed by atoms with Gasteiger partial charge in [0.15, 0.2) is 0 Å². The summed E-state index contributed by atoms with van der Waals surface area (Å²) in [5.74, 6) is 2.13. The molecule has 0 radical (unpaired) electrons. The maximum Gasteiger partial charge on any atom is 0.319 e. The Morgan fingerprint density at radius 1 is 1.31 bits per heavy atom. The molecule has 170 valence electrons. The van der Waals surface area contributed by atoms with Crippen molar-refractivity contribution in [3.63, 3.8) is 0 Å². The van der Waals surface area contributed by atoms with Crippen molar-refractivity contribution >= 4 is 17.4 Å². The molecule has 10 heteroatoms. The fraction of sp³-hybridized carbons (Fsp3) is 0.500. The maximum absolute atomic E-state index is 12.8. The number of aromatic nitrogens is 5. The van der Waals surface area contributed by atoms with E-state index >= 15 is 0 Å². The molecule has 1 atom stereocenters. The minimum atomic E-state index is -0.425. The quantitative estimate of drug-likeness (QED) is 0.509. The van der Waals surface area contributed by atoms with Crippen molar-refractivity contribution in [2.24, 2.45) is 11.8 Å². The van der Waals surface area contributed by atoms with Crippen molar-refractivity contribution in [1.29, 1.82) is 0 Å². The summed E-state index contributed by atoms with van der Waals surface area (Å²) in [5, 5.41) is 17.5. The van der Waals surface area contributed by atoms with Gasteiger partial charge in [0.25, 0.3) is 0 Å². The Morgan fingerprint density at radius 2 is 2.12 bits per heavy atom. The number of urea groups is 1. The minimum absolute atomic E-state index is 0.303. The van der Waals surface area contributed by atoms with Crippen LogP contribution in [-0.4, -0.2) is 44.4 Å². The molecule has 1 unspecified atom stereocenters. The second kappa shape index (κ2) is 9.80. The van der Waals surface area contributed by atoms with Crippen LogP contribution in [0.5, 0.6) is 0 Å². The lowest BCUT2D eigenvalue weighted by molar-refractivity contribution is 0.240. The highest BCUT2D eigenvalue weighted by atomic mass is 16.5. The molecule has 0 saturated carbocycles. The number of aromatic amines is 1. The lowest BCUT2D eigenvalue weighted by atomic mass is 9.99. The van der Waals surface area contributed by atoms with Crippen LogP contribution in [0.15, 0.2) is 35.1 Å². The summed E-state index contributed by atoms with van der Waals surface area (Å²) in [7, 11) is 0. The second-order valence-corrected chi connectivity index (χ2v) is 8.79. The molecular formula is C22H30N8O2. The third-order valence-corrected chi connectivity index (χ3v) is 5.63. The first-order chi connectivity index (χ1) is 15.5. The van der Waals surface area contributed by atoms with Crippen LogP contribution in [0.4, 0.5) is 16.2 Å². The molecule has 0 spiro atoms.